The Morgan fingerprint density at radius 3 is 2.79 bits per heavy atom. The third-order valence-electron chi connectivity index (χ3n) is 4.25. The molecule has 1 amide bonds. The Labute approximate surface area is 141 Å². The summed E-state index contributed by atoms with van der Waals surface area (Å²) in [6, 6.07) is 9.34. The maximum atomic E-state index is 12.4. The normalized spacial score (nSPS) is 15.2. The molecule has 1 aromatic heterocycles. The first-order chi connectivity index (χ1) is 11.7. The van der Waals surface area contributed by atoms with E-state index in [0.717, 1.165) is 37.6 Å². The van der Waals surface area contributed by atoms with Gasteiger partial charge in [0.05, 0.1) is 7.11 Å². The predicted octanol–water partition coefficient (Wildman–Crippen LogP) is 2.19. The monoisotopic (exact) mass is 326 g/mol. The Morgan fingerprint density at radius 2 is 2.08 bits per heavy atom. The highest BCUT2D eigenvalue weighted by molar-refractivity contribution is 5.94. The van der Waals surface area contributed by atoms with Crippen molar-refractivity contribution in [3.05, 3.63) is 47.9 Å². The van der Waals surface area contributed by atoms with Crippen molar-refractivity contribution in [2.24, 2.45) is 0 Å². The number of hydrogen-bond acceptors (Lipinski definition) is 5. The van der Waals surface area contributed by atoms with Crippen LogP contribution >= 0.6 is 0 Å². The van der Waals surface area contributed by atoms with Crippen LogP contribution < -0.4 is 15.0 Å². The molecule has 0 unspecified atom stereocenters. The number of carbonyl (C=O) groups excluding carboxylic acids is 1. The molecule has 0 radical (unpaired) electrons. The van der Waals surface area contributed by atoms with Crippen LogP contribution in [0.1, 0.15) is 29.0 Å². The number of benzene rings is 1. The molecule has 0 spiro atoms. The van der Waals surface area contributed by atoms with E-state index in [1.54, 1.807) is 25.4 Å². The molecule has 1 aliphatic heterocycles. The van der Waals surface area contributed by atoms with Gasteiger partial charge in [-0.15, -0.1) is 0 Å². The standard InChI is InChI=1S/C18H22N4O2/c1-13-19-9-6-17(20-13)22-10-7-15(8-11-22)21-18(23)14-4-3-5-16(12-14)24-2/h3-6,9,12,15H,7-8,10-11H2,1-2H3,(H,21,23). The molecule has 0 atom stereocenters. The van der Waals surface area contributed by atoms with Crippen LogP contribution in [0.3, 0.4) is 0 Å². The summed E-state index contributed by atoms with van der Waals surface area (Å²) in [6.45, 7) is 3.64. The third kappa shape index (κ3) is 3.82. The molecule has 6 nitrogen and oxygen atoms in total. The number of aromatic nitrogens is 2. The minimum Gasteiger partial charge on any atom is -0.497 e. The summed E-state index contributed by atoms with van der Waals surface area (Å²) >= 11 is 0. The van der Waals surface area contributed by atoms with Crippen LogP contribution in [0.4, 0.5) is 5.82 Å². The van der Waals surface area contributed by atoms with Crippen molar-refractivity contribution in [1.29, 1.82) is 0 Å². The van der Waals surface area contributed by atoms with E-state index in [1.165, 1.54) is 0 Å². The second-order valence-electron chi connectivity index (χ2n) is 5.93. The highest BCUT2D eigenvalue weighted by Gasteiger charge is 2.22. The van der Waals surface area contributed by atoms with Gasteiger partial charge >= 0.3 is 0 Å². The lowest BCUT2D eigenvalue weighted by atomic mass is 10.0. The topological polar surface area (TPSA) is 67.3 Å². The van der Waals surface area contributed by atoms with Gasteiger partial charge in [-0.1, -0.05) is 6.07 Å². The van der Waals surface area contributed by atoms with E-state index < -0.39 is 0 Å². The summed E-state index contributed by atoms with van der Waals surface area (Å²) in [4.78, 5) is 23.2. The predicted molar refractivity (Wildman–Crippen MR) is 92.5 cm³/mol. The lowest BCUT2D eigenvalue weighted by molar-refractivity contribution is 0.0930. The molecular formula is C18H22N4O2. The van der Waals surface area contributed by atoms with Crippen molar-refractivity contribution in [3.63, 3.8) is 0 Å². The Hall–Kier alpha value is -2.63. The molecule has 0 aliphatic carbocycles. The van der Waals surface area contributed by atoms with Gasteiger partial charge in [-0.25, -0.2) is 9.97 Å². The molecule has 2 heterocycles. The lowest BCUT2D eigenvalue weighted by Crippen LogP contribution is -2.45. The number of hydrogen-bond donors (Lipinski definition) is 1. The first-order valence-electron chi connectivity index (χ1n) is 8.15. The summed E-state index contributed by atoms with van der Waals surface area (Å²) in [5, 5.41) is 3.12. The van der Waals surface area contributed by atoms with Crippen molar-refractivity contribution < 1.29 is 9.53 Å². The van der Waals surface area contributed by atoms with Crippen molar-refractivity contribution in [2.45, 2.75) is 25.8 Å². The lowest BCUT2D eigenvalue weighted by Gasteiger charge is -2.33. The zero-order valence-corrected chi connectivity index (χ0v) is 14.0. The highest BCUT2D eigenvalue weighted by atomic mass is 16.5. The molecule has 1 saturated heterocycles. The van der Waals surface area contributed by atoms with Crippen LogP contribution in [0, 0.1) is 6.92 Å². The number of aryl methyl sites for hydroxylation is 1. The fraction of sp³-hybridized carbons (Fsp3) is 0.389. The number of nitrogens with one attached hydrogen (secondary N) is 1. The second kappa shape index (κ2) is 7.29. The largest absolute Gasteiger partial charge is 0.497 e. The van der Waals surface area contributed by atoms with Crippen LogP contribution in [0.25, 0.3) is 0 Å². The summed E-state index contributed by atoms with van der Waals surface area (Å²) < 4.78 is 5.17. The maximum Gasteiger partial charge on any atom is 0.251 e. The van der Waals surface area contributed by atoms with Gasteiger partial charge in [0, 0.05) is 30.9 Å². The van der Waals surface area contributed by atoms with Crippen LogP contribution in [0.5, 0.6) is 5.75 Å². The Bertz CT molecular complexity index is 712. The van der Waals surface area contributed by atoms with Crippen molar-refractivity contribution in [3.8, 4) is 5.75 Å². The minimum atomic E-state index is -0.0507. The molecule has 6 heteroatoms. The van der Waals surface area contributed by atoms with Gasteiger partial charge in [-0.2, -0.15) is 0 Å². The first-order valence-corrected chi connectivity index (χ1v) is 8.15. The number of piperidine rings is 1. The van der Waals surface area contributed by atoms with E-state index in [1.807, 2.05) is 25.1 Å². The van der Waals surface area contributed by atoms with E-state index >= 15 is 0 Å². The van der Waals surface area contributed by atoms with Crippen LogP contribution in [-0.4, -0.2) is 42.1 Å². The zero-order valence-electron chi connectivity index (χ0n) is 14.0. The molecule has 0 saturated carbocycles. The highest BCUT2D eigenvalue weighted by Crippen LogP contribution is 2.18. The first kappa shape index (κ1) is 16.2. The average molecular weight is 326 g/mol. The van der Waals surface area contributed by atoms with Gasteiger partial charge in [0.25, 0.3) is 5.91 Å². The number of carbonyl (C=O) groups is 1. The van der Waals surface area contributed by atoms with Gasteiger partial charge in [-0.3, -0.25) is 4.79 Å². The Balaban J connectivity index is 1.56. The Kier molecular flexibility index (Phi) is 4.93. The minimum absolute atomic E-state index is 0.0507. The fourth-order valence-corrected chi connectivity index (χ4v) is 2.91. The van der Waals surface area contributed by atoms with E-state index in [2.05, 4.69) is 20.2 Å². The molecule has 0 bridgehead atoms. The van der Waals surface area contributed by atoms with Crippen molar-refractivity contribution >= 4 is 11.7 Å². The van der Waals surface area contributed by atoms with Gasteiger partial charge in [0.2, 0.25) is 0 Å². The quantitative estimate of drug-likeness (QED) is 0.933. The second-order valence-corrected chi connectivity index (χ2v) is 5.93. The summed E-state index contributed by atoms with van der Waals surface area (Å²) in [5.74, 6) is 2.38. The molecule has 1 aromatic carbocycles. The van der Waals surface area contributed by atoms with Crippen molar-refractivity contribution in [1.82, 2.24) is 15.3 Å². The zero-order chi connectivity index (χ0) is 16.9. The Morgan fingerprint density at radius 1 is 1.29 bits per heavy atom. The van der Waals surface area contributed by atoms with E-state index in [0.29, 0.717) is 11.3 Å². The number of nitrogens with zero attached hydrogens (tertiary/aromatic N) is 3. The maximum absolute atomic E-state index is 12.4. The van der Waals surface area contributed by atoms with Gasteiger partial charge in [-0.05, 0) is 44.0 Å². The molecule has 1 aliphatic rings. The smallest absolute Gasteiger partial charge is 0.251 e. The number of rotatable bonds is 4. The molecule has 3 rings (SSSR count). The third-order valence-corrected chi connectivity index (χ3v) is 4.25. The number of anilines is 1. The SMILES string of the molecule is COc1cccc(C(=O)NC2CCN(c3ccnc(C)n3)CC2)c1. The van der Waals surface area contributed by atoms with Crippen molar-refractivity contribution in [2.75, 3.05) is 25.1 Å². The number of methoxy groups -OCH3 is 1. The molecule has 2 aromatic rings. The summed E-state index contributed by atoms with van der Waals surface area (Å²) in [6.07, 6.45) is 3.59. The van der Waals surface area contributed by atoms with Gasteiger partial charge in [0.15, 0.2) is 0 Å². The molecular weight excluding hydrogens is 304 g/mol. The number of ether oxygens (including phenoxy) is 1. The fourth-order valence-electron chi connectivity index (χ4n) is 2.91. The summed E-state index contributed by atoms with van der Waals surface area (Å²) in [7, 11) is 1.60. The average Bonchev–Trinajstić information content (AvgIpc) is 2.62. The molecule has 1 N–H and O–H groups in total. The van der Waals surface area contributed by atoms with Gasteiger partial charge < -0.3 is 15.0 Å². The van der Waals surface area contributed by atoms with Crippen LogP contribution in [0.15, 0.2) is 36.5 Å². The van der Waals surface area contributed by atoms with E-state index in [9.17, 15) is 4.79 Å². The summed E-state index contributed by atoms with van der Waals surface area (Å²) in [5.41, 5.74) is 0.628. The molecule has 1 fully saturated rings. The molecule has 24 heavy (non-hydrogen) atoms. The molecule has 126 valence electrons. The number of amides is 1. The van der Waals surface area contributed by atoms with E-state index in [4.69, 9.17) is 4.74 Å². The van der Waals surface area contributed by atoms with Crippen LogP contribution in [0.2, 0.25) is 0 Å². The van der Waals surface area contributed by atoms with Crippen LogP contribution in [-0.2, 0) is 0 Å². The van der Waals surface area contributed by atoms with E-state index in [-0.39, 0.29) is 11.9 Å². The van der Waals surface area contributed by atoms with Gasteiger partial charge in [0.1, 0.15) is 17.4 Å².